The van der Waals surface area contributed by atoms with Crippen molar-refractivity contribution in [3.05, 3.63) is 328 Å². The number of para-hydroxylation sites is 3. The third-order valence-electron chi connectivity index (χ3n) is 18.6. The van der Waals surface area contributed by atoms with Crippen molar-refractivity contribution in [1.82, 2.24) is 58.6 Å². The summed E-state index contributed by atoms with van der Waals surface area (Å²) in [6.45, 7) is 0. The molecule has 462 valence electrons. The van der Waals surface area contributed by atoms with Crippen LogP contribution in [-0.4, -0.2) is 58.6 Å². The molecule has 0 fully saturated rings. The number of fused-ring (bicyclic) bond motifs is 9. The SMILES string of the molecule is c1ccc(-c2cc(-n3c4ccccc4c4cc(-c5nc(-c6ccc7c(c6)c6ccccc6n7-c6cc(-c7ccccc7)nc(-c7ccccc7)n6)nc(-c6ccc7c(c6)c6ccccc6n7-c6cc(-c7ccccc7)nc(-c7ccccc7)n6)n5)ccc43)nc(-c3ccccc3)n2)cc1. The van der Waals surface area contributed by atoms with Crippen molar-refractivity contribution in [1.29, 1.82) is 0 Å². The standard InChI is InChI=1S/C87H54N12/c1-7-25-55(26-8-1)70-52-79(91-82(88-70)58-31-13-4-14-32-58)97-73-40-22-19-37-64(73)67-49-61(43-46-76(67)97)85-94-86(62-44-47-77-68(50-62)65-38-20-23-41-74(65)98(77)80-53-71(56-27-9-2-10-28-56)89-83(92-80)59-33-15-5-16-34-59)96-87(95-85)63-45-48-78-69(51-63)66-39-21-24-42-75(66)99(78)81-54-72(57-29-11-3-12-30-57)90-84(93-81)60-35-17-6-18-36-60/h1-54H. The third-order valence-corrected chi connectivity index (χ3v) is 18.6. The zero-order chi connectivity index (χ0) is 65.3. The third kappa shape index (κ3) is 10.1. The van der Waals surface area contributed by atoms with Gasteiger partial charge < -0.3 is 0 Å². The molecule has 19 rings (SSSR count). The molecule has 0 aliphatic carbocycles. The fourth-order valence-corrected chi connectivity index (χ4v) is 13.9. The van der Waals surface area contributed by atoms with Gasteiger partial charge in [0.1, 0.15) is 17.5 Å². The van der Waals surface area contributed by atoms with E-state index < -0.39 is 0 Å². The number of nitrogens with zero attached hydrogens (tertiary/aromatic N) is 12. The van der Waals surface area contributed by atoms with Crippen LogP contribution in [-0.2, 0) is 0 Å². The van der Waals surface area contributed by atoms with E-state index in [4.69, 9.17) is 44.9 Å². The van der Waals surface area contributed by atoms with Crippen molar-refractivity contribution >= 4 is 65.4 Å². The second-order valence-electron chi connectivity index (χ2n) is 24.6. The molecule has 0 unspecified atom stereocenters. The molecule has 0 spiro atoms. The molecule has 0 saturated heterocycles. The molecule has 7 heterocycles. The largest absolute Gasteiger partial charge is 0.294 e. The Morgan fingerprint density at radius 1 is 0.152 bits per heavy atom. The Labute approximate surface area is 567 Å². The second kappa shape index (κ2) is 23.6. The average molecular weight is 1270 g/mol. The van der Waals surface area contributed by atoms with Gasteiger partial charge in [-0.1, -0.05) is 237 Å². The Morgan fingerprint density at radius 2 is 0.374 bits per heavy atom. The predicted molar refractivity (Wildman–Crippen MR) is 399 cm³/mol. The van der Waals surface area contributed by atoms with Crippen LogP contribution in [0.25, 0.3) is 185 Å². The average Bonchev–Trinajstić information content (AvgIpc) is 1.61. The van der Waals surface area contributed by atoms with Crippen molar-refractivity contribution in [2.75, 3.05) is 0 Å². The lowest BCUT2D eigenvalue weighted by Gasteiger charge is -2.13. The Kier molecular flexibility index (Phi) is 13.6. The quantitative estimate of drug-likeness (QED) is 0.117. The lowest BCUT2D eigenvalue weighted by atomic mass is 10.1. The van der Waals surface area contributed by atoms with Crippen molar-refractivity contribution < 1.29 is 0 Å². The number of hydrogen-bond donors (Lipinski definition) is 0. The summed E-state index contributed by atoms with van der Waals surface area (Å²) in [4.78, 5) is 48.0. The van der Waals surface area contributed by atoms with Gasteiger partial charge >= 0.3 is 0 Å². The van der Waals surface area contributed by atoms with Gasteiger partial charge in [0.25, 0.3) is 0 Å². The van der Waals surface area contributed by atoms with Gasteiger partial charge in [-0.15, -0.1) is 0 Å². The predicted octanol–water partition coefficient (Wildman–Crippen LogP) is 20.5. The van der Waals surface area contributed by atoms with Gasteiger partial charge in [-0.3, -0.25) is 13.7 Å². The maximum Gasteiger partial charge on any atom is 0.164 e. The molecular formula is C87H54N12. The Hall–Kier alpha value is -13.7. The van der Waals surface area contributed by atoms with E-state index in [1.165, 1.54) is 0 Å². The molecule has 0 bridgehead atoms. The maximum atomic E-state index is 5.51. The molecule has 0 amide bonds. The minimum absolute atomic E-state index is 0.518. The van der Waals surface area contributed by atoms with Crippen LogP contribution in [0.1, 0.15) is 0 Å². The van der Waals surface area contributed by atoms with Gasteiger partial charge in [-0.25, -0.2) is 44.9 Å². The molecule has 12 heteroatoms. The van der Waals surface area contributed by atoms with Crippen molar-refractivity contribution in [2.24, 2.45) is 0 Å². The molecule has 0 N–H and O–H groups in total. The highest BCUT2D eigenvalue weighted by atomic mass is 15.1. The molecule has 0 atom stereocenters. The summed E-state index contributed by atoms with van der Waals surface area (Å²) in [6.07, 6.45) is 0. The van der Waals surface area contributed by atoms with Crippen molar-refractivity contribution in [2.45, 2.75) is 0 Å². The highest BCUT2D eigenvalue weighted by molar-refractivity contribution is 6.13. The van der Waals surface area contributed by atoms with Gasteiger partial charge in [0, 0.05) is 101 Å². The first-order chi connectivity index (χ1) is 49.0. The van der Waals surface area contributed by atoms with Crippen LogP contribution in [0.3, 0.4) is 0 Å². The highest BCUT2D eigenvalue weighted by Crippen LogP contribution is 2.41. The van der Waals surface area contributed by atoms with Crippen LogP contribution in [0.5, 0.6) is 0 Å². The summed E-state index contributed by atoms with van der Waals surface area (Å²) < 4.78 is 6.74. The van der Waals surface area contributed by atoms with E-state index in [1.807, 2.05) is 109 Å². The number of benzene rings is 12. The zero-order valence-corrected chi connectivity index (χ0v) is 53.0. The molecule has 0 aliphatic heterocycles. The van der Waals surface area contributed by atoms with Crippen LogP contribution in [0, 0.1) is 0 Å². The van der Waals surface area contributed by atoms with E-state index in [2.05, 4.69) is 232 Å². The van der Waals surface area contributed by atoms with Crippen LogP contribution < -0.4 is 0 Å². The minimum Gasteiger partial charge on any atom is -0.294 e. The van der Waals surface area contributed by atoms with Gasteiger partial charge in [0.15, 0.2) is 34.9 Å². The fourth-order valence-electron chi connectivity index (χ4n) is 13.9. The molecular weight excluding hydrogens is 1210 g/mol. The Morgan fingerprint density at radius 3 is 0.646 bits per heavy atom. The minimum atomic E-state index is 0.518. The molecule has 99 heavy (non-hydrogen) atoms. The van der Waals surface area contributed by atoms with E-state index in [9.17, 15) is 0 Å². The monoisotopic (exact) mass is 1270 g/mol. The fraction of sp³-hybridized carbons (Fsp3) is 0. The maximum absolute atomic E-state index is 5.51. The number of hydrogen-bond acceptors (Lipinski definition) is 9. The molecule has 0 saturated carbocycles. The van der Waals surface area contributed by atoms with Gasteiger partial charge in [-0.05, 0) is 72.8 Å². The first-order valence-electron chi connectivity index (χ1n) is 32.9. The molecule has 12 nitrogen and oxygen atoms in total. The summed E-state index contributed by atoms with van der Waals surface area (Å²) in [6, 6.07) is 113. The van der Waals surface area contributed by atoms with Crippen LogP contribution in [0.2, 0.25) is 0 Å². The summed E-state index contributed by atoms with van der Waals surface area (Å²) in [5.41, 5.74) is 16.6. The Bertz CT molecular complexity index is 5530. The topological polar surface area (TPSA) is 131 Å². The number of aromatic nitrogens is 12. The normalized spacial score (nSPS) is 11.6. The highest BCUT2D eigenvalue weighted by Gasteiger charge is 2.24. The smallest absolute Gasteiger partial charge is 0.164 e. The zero-order valence-electron chi connectivity index (χ0n) is 53.0. The van der Waals surface area contributed by atoms with Crippen LogP contribution in [0.15, 0.2) is 328 Å². The summed E-state index contributed by atoms with van der Waals surface area (Å²) in [7, 11) is 0. The lowest BCUT2D eigenvalue weighted by molar-refractivity contribution is 1.05. The van der Waals surface area contributed by atoms with Crippen molar-refractivity contribution in [3.63, 3.8) is 0 Å². The lowest BCUT2D eigenvalue weighted by Crippen LogP contribution is -2.03. The van der Waals surface area contributed by atoms with Gasteiger partial charge in [0.05, 0.1) is 50.2 Å². The first kappa shape index (κ1) is 56.8. The summed E-state index contributed by atoms with van der Waals surface area (Å²) in [5.74, 6) is 5.71. The summed E-state index contributed by atoms with van der Waals surface area (Å²) >= 11 is 0. The van der Waals surface area contributed by atoms with Gasteiger partial charge in [-0.2, -0.15) is 0 Å². The molecule has 12 aromatic carbocycles. The van der Waals surface area contributed by atoms with Gasteiger partial charge in [0.2, 0.25) is 0 Å². The van der Waals surface area contributed by atoms with Crippen molar-refractivity contribution in [3.8, 4) is 120 Å². The van der Waals surface area contributed by atoms with Crippen LogP contribution >= 0.6 is 0 Å². The molecule has 0 radical (unpaired) electrons. The first-order valence-corrected chi connectivity index (χ1v) is 32.9. The van der Waals surface area contributed by atoms with E-state index in [0.29, 0.717) is 34.9 Å². The molecule has 0 aliphatic rings. The molecule has 19 aromatic rings. The summed E-state index contributed by atoms with van der Waals surface area (Å²) in [5, 5.41) is 6.21. The second-order valence-corrected chi connectivity index (χ2v) is 24.6. The van der Waals surface area contributed by atoms with E-state index in [-0.39, 0.29) is 0 Å². The van der Waals surface area contributed by atoms with E-state index in [1.54, 1.807) is 0 Å². The van der Waals surface area contributed by atoms with E-state index in [0.717, 1.165) is 150 Å². The Balaban J connectivity index is 0.808. The van der Waals surface area contributed by atoms with E-state index >= 15 is 0 Å². The number of rotatable bonds is 12. The molecule has 7 aromatic heterocycles. The van der Waals surface area contributed by atoms with Crippen LogP contribution in [0.4, 0.5) is 0 Å².